The monoisotopic (exact) mass is 574 g/mol. The summed E-state index contributed by atoms with van der Waals surface area (Å²) in [5.41, 5.74) is 6.95. The van der Waals surface area contributed by atoms with Crippen LogP contribution in [0.4, 0.5) is 24.5 Å². The number of hydrogen-bond donors (Lipinski definition) is 1. The fourth-order valence-corrected chi connectivity index (χ4v) is 5.31. The van der Waals surface area contributed by atoms with Crippen molar-refractivity contribution in [1.29, 1.82) is 0 Å². The number of nitrogens with zero attached hydrogens (tertiary/aromatic N) is 3. The minimum absolute atomic E-state index is 0.00664. The Hall–Kier alpha value is -4.10. The van der Waals surface area contributed by atoms with Gasteiger partial charge in [-0.1, -0.05) is 18.2 Å². The summed E-state index contributed by atoms with van der Waals surface area (Å²) in [5.74, 6) is -3.85. The van der Waals surface area contributed by atoms with Crippen LogP contribution in [-0.2, 0) is 30.4 Å². The fraction of sp³-hybridized carbons (Fsp3) is 0.393. The first-order valence-electron chi connectivity index (χ1n) is 13.2. The van der Waals surface area contributed by atoms with Crippen LogP contribution in [0.1, 0.15) is 41.2 Å². The van der Waals surface area contributed by atoms with Gasteiger partial charge in [-0.25, -0.2) is 9.59 Å². The molecule has 2 N–H and O–H groups in total. The summed E-state index contributed by atoms with van der Waals surface area (Å²) < 4.78 is 52.9. The number of para-hydroxylation sites is 1. The molecule has 218 valence electrons. The number of esters is 1. The van der Waals surface area contributed by atoms with E-state index < -0.39 is 30.1 Å². The number of methoxy groups -OCH3 is 1. The number of amides is 1. The number of carbonyl (C=O) groups excluding carboxylic acids is 3. The number of halogens is 3. The number of rotatable bonds is 8. The number of hydroxylamine groups is 1. The molecule has 3 heterocycles. The molecule has 0 bridgehead atoms. The molecule has 2 aromatic carbocycles. The third kappa shape index (κ3) is 5.46. The van der Waals surface area contributed by atoms with Gasteiger partial charge in [0, 0.05) is 42.4 Å². The maximum Gasteiger partial charge on any atom is 0.493 e. The summed E-state index contributed by atoms with van der Waals surface area (Å²) in [6.45, 7) is 1.45. The van der Waals surface area contributed by atoms with E-state index in [2.05, 4.69) is 0 Å². The van der Waals surface area contributed by atoms with Gasteiger partial charge in [-0.05, 0) is 50.1 Å². The SMILES string of the molecule is COC(=O)c1ccc2c(c1)N(CCCN)C(=O)C(c1cn(CC3CCCO3)c3ccccc13)N2OC(=O)C(F)(F)F. The van der Waals surface area contributed by atoms with E-state index in [4.69, 9.17) is 20.0 Å². The van der Waals surface area contributed by atoms with Crippen molar-refractivity contribution in [3.8, 4) is 0 Å². The zero-order valence-electron chi connectivity index (χ0n) is 22.2. The third-order valence-corrected chi connectivity index (χ3v) is 7.20. The average Bonchev–Trinajstić information content (AvgIpc) is 3.60. The van der Waals surface area contributed by atoms with Crippen molar-refractivity contribution in [2.75, 3.05) is 36.8 Å². The van der Waals surface area contributed by atoms with Crippen molar-refractivity contribution in [3.05, 3.63) is 59.8 Å². The molecular weight excluding hydrogens is 545 g/mol. The Balaban J connectivity index is 1.69. The average molecular weight is 575 g/mol. The fourth-order valence-electron chi connectivity index (χ4n) is 5.31. The van der Waals surface area contributed by atoms with Crippen LogP contribution in [0.5, 0.6) is 0 Å². The molecule has 1 saturated heterocycles. The first-order valence-corrected chi connectivity index (χ1v) is 13.2. The molecule has 13 heteroatoms. The van der Waals surface area contributed by atoms with E-state index in [1.807, 2.05) is 16.7 Å². The highest BCUT2D eigenvalue weighted by atomic mass is 19.4. The number of aromatic nitrogens is 1. The van der Waals surface area contributed by atoms with Gasteiger partial charge in [0.15, 0.2) is 6.04 Å². The number of alkyl halides is 3. The van der Waals surface area contributed by atoms with Crippen molar-refractivity contribution >= 4 is 40.1 Å². The first kappa shape index (κ1) is 28.4. The van der Waals surface area contributed by atoms with E-state index in [0.717, 1.165) is 18.4 Å². The Kier molecular flexibility index (Phi) is 7.91. The van der Waals surface area contributed by atoms with Gasteiger partial charge in [0.25, 0.3) is 5.91 Å². The van der Waals surface area contributed by atoms with Crippen LogP contribution in [0.25, 0.3) is 10.9 Å². The summed E-state index contributed by atoms with van der Waals surface area (Å²) in [7, 11) is 1.18. The van der Waals surface area contributed by atoms with Crippen LogP contribution in [0.15, 0.2) is 48.7 Å². The molecule has 0 saturated carbocycles. The van der Waals surface area contributed by atoms with Crippen molar-refractivity contribution in [3.63, 3.8) is 0 Å². The van der Waals surface area contributed by atoms with E-state index in [0.29, 0.717) is 35.6 Å². The van der Waals surface area contributed by atoms with E-state index in [1.54, 1.807) is 18.3 Å². The van der Waals surface area contributed by atoms with Crippen LogP contribution in [-0.4, -0.2) is 61.5 Å². The number of carbonyl (C=O) groups is 3. The van der Waals surface area contributed by atoms with E-state index in [-0.39, 0.29) is 36.1 Å². The predicted molar refractivity (Wildman–Crippen MR) is 142 cm³/mol. The first-order chi connectivity index (χ1) is 19.6. The Morgan fingerprint density at radius 3 is 2.61 bits per heavy atom. The number of nitrogens with two attached hydrogens (primary N) is 1. The minimum atomic E-state index is -5.33. The Morgan fingerprint density at radius 1 is 1.15 bits per heavy atom. The summed E-state index contributed by atoms with van der Waals surface area (Å²) in [4.78, 5) is 44.9. The molecule has 0 radical (unpaired) electrons. The van der Waals surface area contributed by atoms with Crippen LogP contribution >= 0.6 is 0 Å². The maximum atomic E-state index is 14.2. The van der Waals surface area contributed by atoms with E-state index in [1.165, 1.54) is 30.2 Å². The van der Waals surface area contributed by atoms with Crippen LogP contribution in [0.2, 0.25) is 0 Å². The molecule has 2 atom stereocenters. The van der Waals surface area contributed by atoms with Gasteiger partial charge in [-0.2, -0.15) is 18.2 Å². The van der Waals surface area contributed by atoms with E-state index >= 15 is 0 Å². The lowest BCUT2D eigenvalue weighted by Gasteiger charge is -2.41. The number of hydrogen-bond acceptors (Lipinski definition) is 8. The molecule has 0 spiro atoms. The summed E-state index contributed by atoms with van der Waals surface area (Å²) in [5, 5.41) is 1.29. The number of fused-ring (bicyclic) bond motifs is 2. The zero-order chi connectivity index (χ0) is 29.3. The Bertz CT molecular complexity index is 1470. The smallest absolute Gasteiger partial charge is 0.465 e. The Morgan fingerprint density at radius 2 is 1.93 bits per heavy atom. The molecule has 2 aliphatic heterocycles. The van der Waals surface area contributed by atoms with Crippen molar-refractivity contribution < 1.29 is 41.9 Å². The van der Waals surface area contributed by atoms with Gasteiger partial charge < -0.3 is 29.5 Å². The minimum Gasteiger partial charge on any atom is -0.465 e. The maximum absolute atomic E-state index is 14.2. The molecule has 2 aliphatic rings. The molecule has 1 amide bonds. The third-order valence-electron chi connectivity index (χ3n) is 7.20. The lowest BCUT2D eigenvalue weighted by molar-refractivity contribution is -0.202. The molecule has 10 nitrogen and oxygen atoms in total. The van der Waals surface area contributed by atoms with Crippen molar-refractivity contribution in [1.82, 2.24) is 4.57 Å². The summed E-state index contributed by atoms with van der Waals surface area (Å²) in [6.07, 6.45) is -1.56. The summed E-state index contributed by atoms with van der Waals surface area (Å²) >= 11 is 0. The molecule has 3 aromatic rings. The highest BCUT2D eigenvalue weighted by Gasteiger charge is 2.48. The zero-order valence-corrected chi connectivity index (χ0v) is 22.2. The number of anilines is 2. The highest BCUT2D eigenvalue weighted by Crippen LogP contribution is 2.45. The largest absolute Gasteiger partial charge is 0.493 e. The van der Waals surface area contributed by atoms with Gasteiger partial charge in [-0.15, -0.1) is 0 Å². The second kappa shape index (κ2) is 11.4. The molecule has 2 unspecified atom stereocenters. The van der Waals surface area contributed by atoms with Crippen molar-refractivity contribution in [2.24, 2.45) is 5.73 Å². The van der Waals surface area contributed by atoms with Crippen molar-refractivity contribution in [2.45, 2.75) is 44.1 Å². The van der Waals surface area contributed by atoms with Gasteiger partial charge >= 0.3 is 18.1 Å². The molecule has 5 rings (SSSR count). The topological polar surface area (TPSA) is 116 Å². The molecular formula is C28H29F3N4O6. The van der Waals surface area contributed by atoms with Crippen LogP contribution < -0.4 is 15.7 Å². The Labute approximate surface area is 233 Å². The van der Waals surface area contributed by atoms with Crippen LogP contribution in [0.3, 0.4) is 0 Å². The number of ether oxygens (including phenoxy) is 2. The molecule has 1 fully saturated rings. The van der Waals surface area contributed by atoms with Crippen LogP contribution in [0, 0.1) is 0 Å². The molecule has 41 heavy (non-hydrogen) atoms. The summed E-state index contributed by atoms with van der Waals surface area (Å²) in [6, 6.07) is 9.68. The second-order valence-corrected chi connectivity index (χ2v) is 9.82. The van der Waals surface area contributed by atoms with Gasteiger partial charge in [0.05, 0.1) is 24.5 Å². The normalized spacial score (nSPS) is 19.0. The van der Waals surface area contributed by atoms with Gasteiger partial charge in [-0.3, -0.25) is 4.79 Å². The van der Waals surface area contributed by atoms with Gasteiger partial charge in [0.1, 0.15) is 5.69 Å². The lowest BCUT2D eigenvalue weighted by Crippen LogP contribution is -2.50. The van der Waals surface area contributed by atoms with E-state index in [9.17, 15) is 27.6 Å². The lowest BCUT2D eigenvalue weighted by atomic mass is 9.99. The predicted octanol–water partition coefficient (Wildman–Crippen LogP) is 3.87. The second-order valence-electron chi connectivity index (χ2n) is 9.82. The van der Waals surface area contributed by atoms with Gasteiger partial charge in [0.2, 0.25) is 0 Å². The quantitative estimate of drug-likeness (QED) is 0.403. The molecule has 1 aromatic heterocycles. The molecule has 0 aliphatic carbocycles. The standard InChI is InChI=1S/C28H29F3N4O6/c1-39-26(37)17-9-10-22-23(14-17)34(12-5-11-32)25(36)24(35(22)41-27(38)28(29,30)31)20-16-33(15-18-6-4-13-40-18)21-8-3-2-7-19(20)21/h2-3,7-10,14,16,18,24H,4-6,11-13,15,32H2,1H3. The number of benzene rings is 2. The highest BCUT2D eigenvalue weighted by molar-refractivity contribution is 6.09.